The number of likely N-dealkylation sites (tertiary alicyclic amines) is 1. The van der Waals surface area contributed by atoms with Gasteiger partial charge in [0.1, 0.15) is 5.56 Å². The Hall–Kier alpha value is -2.89. The van der Waals surface area contributed by atoms with Crippen LogP contribution in [0.5, 0.6) is 0 Å². The van der Waals surface area contributed by atoms with Crippen LogP contribution in [-0.4, -0.2) is 40.0 Å². The first-order chi connectivity index (χ1) is 12.0. The second-order valence-corrected chi connectivity index (χ2v) is 6.57. The Morgan fingerprint density at radius 3 is 2.48 bits per heavy atom. The van der Waals surface area contributed by atoms with E-state index in [1.807, 2.05) is 37.3 Å². The minimum absolute atomic E-state index is 0.0397. The van der Waals surface area contributed by atoms with E-state index in [1.54, 1.807) is 6.07 Å². The average Bonchev–Trinajstić information content (AvgIpc) is 2.61. The highest BCUT2D eigenvalue weighted by Gasteiger charge is 2.33. The quantitative estimate of drug-likeness (QED) is 0.896. The lowest BCUT2D eigenvalue weighted by molar-refractivity contribution is -0.143. The molecular formula is C19H20N2O4. The van der Waals surface area contributed by atoms with Crippen molar-refractivity contribution >= 4 is 11.9 Å². The molecular weight excluding hydrogens is 320 g/mol. The Labute approximate surface area is 145 Å². The highest BCUT2D eigenvalue weighted by atomic mass is 16.4. The van der Waals surface area contributed by atoms with Gasteiger partial charge >= 0.3 is 5.97 Å². The van der Waals surface area contributed by atoms with Crippen molar-refractivity contribution in [1.82, 2.24) is 9.88 Å². The molecule has 0 saturated carbocycles. The summed E-state index contributed by atoms with van der Waals surface area (Å²) in [5.41, 5.74) is 1.07. The number of nitrogens with one attached hydrogen (secondary N) is 1. The molecule has 1 aliphatic rings. The molecule has 1 saturated heterocycles. The molecule has 2 aromatic rings. The van der Waals surface area contributed by atoms with Gasteiger partial charge in [-0.15, -0.1) is 0 Å². The molecule has 130 valence electrons. The molecule has 6 heteroatoms. The van der Waals surface area contributed by atoms with Crippen LogP contribution in [0.2, 0.25) is 0 Å². The van der Waals surface area contributed by atoms with Gasteiger partial charge < -0.3 is 15.0 Å². The number of carboxylic acids is 1. The molecule has 3 rings (SSSR count). The molecule has 1 amide bonds. The molecule has 1 aromatic carbocycles. The number of nitrogens with zero attached hydrogens (tertiary/aromatic N) is 1. The van der Waals surface area contributed by atoms with Gasteiger partial charge in [-0.25, -0.2) is 0 Å². The van der Waals surface area contributed by atoms with Gasteiger partial charge in [0.2, 0.25) is 0 Å². The number of benzene rings is 1. The molecule has 1 aromatic heterocycles. The third-order valence-corrected chi connectivity index (χ3v) is 4.52. The van der Waals surface area contributed by atoms with E-state index in [4.69, 9.17) is 0 Å². The summed E-state index contributed by atoms with van der Waals surface area (Å²) < 4.78 is 0. The zero-order valence-electron chi connectivity index (χ0n) is 13.9. The maximum Gasteiger partial charge on any atom is 0.308 e. The predicted octanol–water partition coefficient (Wildman–Crippen LogP) is 2.22. The molecule has 0 bridgehead atoms. The van der Waals surface area contributed by atoms with E-state index in [0.29, 0.717) is 18.7 Å². The van der Waals surface area contributed by atoms with Crippen molar-refractivity contribution in [2.75, 3.05) is 13.1 Å². The lowest BCUT2D eigenvalue weighted by Crippen LogP contribution is -2.46. The third kappa shape index (κ3) is 3.63. The van der Waals surface area contributed by atoms with E-state index in [0.717, 1.165) is 5.56 Å². The normalized spacial score (nSPS) is 20.3. The number of pyridine rings is 1. The number of carboxylic acid groups (broad SMARTS) is 1. The van der Waals surface area contributed by atoms with Crippen molar-refractivity contribution in [2.45, 2.75) is 13.3 Å². The summed E-state index contributed by atoms with van der Waals surface area (Å²) >= 11 is 0. The molecule has 1 aliphatic heterocycles. The molecule has 2 N–H and O–H groups in total. The first-order valence-electron chi connectivity index (χ1n) is 8.26. The number of aromatic amines is 1. The first kappa shape index (κ1) is 17.0. The lowest BCUT2D eigenvalue weighted by atomic mass is 9.90. The van der Waals surface area contributed by atoms with Gasteiger partial charge in [-0.2, -0.15) is 0 Å². The van der Waals surface area contributed by atoms with Crippen LogP contribution in [0.25, 0.3) is 11.3 Å². The number of hydrogen-bond donors (Lipinski definition) is 2. The molecule has 6 nitrogen and oxygen atoms in total. The minimum atomic E-state index is -0.905. The van der Waals surface area contributed by atoms with Crippen LogP contribution in [0.4, 0.5) is 0 Å². The van der Waals surface area contributed by atoms with Crippen LogP contribution in [-0.2, 0) is 4.79 Å². The van der Waals surface area contributed by atoms with Crippen LogP contribution in [0.1, 0.15) is 23.7 Å². The summed E-state index contributed by atoms with van der Waals surface area (Å²) in [5, 5.41) is 9.24. The zero-order valence-corrected chi connectivity index (χ0v) is 13.9. The molecule has 2 heterocycles. The SMILES string of the molecule is CC1CC(C(=O)O)CN(C(=O)c2ccc(-c3ccccc3)[nH]c2=O)C1. The standard InChI is InChI=1S/C19H20N2O4/c1-12-9-14(19(24)25)11-21(10-12)18(23)15-7-8-16(20-17(15)22)13-5-3-2-4-6-13/h2-8,12,14H,9-11H2,1H3,(H,20,22)(H,24,25). The number of carbonyl (C=O) groups excluding carboxylic acids is 1. The highest BCUT2D eigenvalue weighted by Crippen LogP contribution is 2.23. The highest BCUT2D eigenvalue weighted by molar-refractivity contribution is 5.94. The van der Waals surface area contributed by atoms with Crippen LogP contribution < -0.4 is 5.56 Å². The van der Waals surface area contributed by atoms with Crippen molar-refractivity contribution in [3.05, 3.63) is 58.4 Å². The number of H-pyrrole nitrogens is 1. The lowest BCUT2D eigenvalue weighted by Gasteiger charge is -2.34. The van der Waals surface area contributed by atoms with Crippen LogP contribution in [0, 0.1) is 11.8 Å². The second-order valence-electron chi connectivity index (χ2n) is 6.57. The molecule has 2 unspecified atom stereocenters. The number of aliphatic carboxylic acids is 1. The van der Waals surface area contributed by atoms with Crippen LogP contribution in [0.3, 0.4) is 0 Å². The smallest absolute Gasteiger partial charge is 0.308 e. The average molecular weight is 340 g/mol. The van der Waals surface area contributed by atoms with Gasteiger partial charge in [0, 0.05) is 18.8 Å². The zero-order chi connectivity index (χ0) is 18.0. The van der Waals surface area contributed by atoms with E-state index >= 15 is 0 Å². The molecule has 0 radical (unpaired) electrons. The van der Waals surface area contributed by atoms with E-state index < -0.39 is 23.4 Å². The van der Waals surface area contributed by atoms with Gasteiger partial charge in [0.15, 0.2) is 0 Å². The number of piperidine rings is 1. The largest absolute Gasteiger partial charge is 0.481 e. The Bertz CT molecular complexity index is 844. The van der Waals surface area contributed by atoms with Crippen LogP contribution >= 0.6 is 0 Å². The molecule has 0 spiro atoms. The van der Waals surface area contributed by atoms with E-state index in [1.165, 1.54) is 11.0 Å². The summed E-state index contributed by atoms with van der Waals surface area (Å²) in [6.07, 6.45) is 0.544. The number of rotatable bonds is 3. The third-order valence-electron chi connectivity index (χ3n) is 4.52. The monoisotopic (exact) mass is 340 g/mol. The summed E-state index contributed by atoms with van der Waals surface area (Å²) in [6, 6.07) is 12.6. The number of aromatic nitrogens is 1. The fourth-order valence-corrected chi connectivity index (χ4v) is 3.29. The minimum Gasteiger partial charge on any atom is -0.481 e. The fraction of sp³-hybridized carbons (Fsp3) is 0.316. The van der Waals surface area contributed by atoms with Crippen molar-refractivity contribution in [3.63, 3.8) is 0 Å². The summed E-state index contributed by atoms with van der Waals surface area (Å²) in [5.74, 6) is -1.83. The Morgan fingerprint density at radius 2 is 1.84 bits per heavy atom. The topological polar surface area (TPSA) is 90.5 Å². The molecule has 1 fully saturated rings. The van der Waals surface area contributed by atoms with Gasteiger partial charge in [0.25, 0.3) is 11.5 Å². The van der Waals surface area contributed by atoms with Crippen LogP contribution in [0.15, 0.2) is 47.3 Å². The van der Waals surface area contributed by atoms with Gasteiger partial charge in [-0.05, 0) is 30.0 Å². The summed E-state index contributed by atoms with van der Waals surface area (Å²) in [7, 11) is 0. The van der Waals surface area contributed by atoms with E-state index in [2.05, 4.69) is 4.98 Å². The van der Waals surface area contributed by atoms with Gasteiger partial charge in [0.05, 0.1) is 5.92 Å². The van der Waals surface area contributed by atoms with Crippen molar-refractivity contribution < 1.29 is 14.7 Å². The predicted molar refractivity (Wildman–Crippen MR) is 93.3 cm³/mol. The summed E-state index contributed by atoms with van der Waals surface area (Å²) in [4.78, 5) is 40.5. The molecule has 2 atom stereocenters. The molecule has 25 heavy (non-hydrogen) atoms. The van der Waals surface area contributed by atoms with Crippen molar-refractivity contribution in [2.24, 2.45) is 11.8 Å². The number of carbonyl (C=O) groups is 2. The summed E-state index contributed by atoms with van der Waals surface area (Å²) in [6.45, 7) is 2.51. The maximum atomic E-state index is 12.7. The first-order valence-corrected chi connectivity index (χ1v) is 8.26. The Balaban J connectivity index is 1.85. The number of amides is 1. The van der Waals surface area contributed by atoms with E-state index in [9.17, 15) is 19.5 Å². The second kappa shape index (κ2) is 6.93. The molecule has 0 aliphatic carbocycles. The van der Waals surface area contributed by atoms with Gasteiger partial charge in [-0.3, -0.25) is 14.4 Å². The number of hydrogen-bond acceptors (Lipinski definition) is 3. The van der Waals surface area contributed by atoms with Crippen molar-refractivity contribution in [3.8, 4) is 11.3 Å². The Kier molecular flexibility index (Phi) is 4.70. The Morgan fingerprint density at radius 1 is 1.12 bits per heavy atom. The maximum absolute atomic E-state index is 12.7. The van der Waals surface area contributed by atoms with E-state index in [-0.39, 0.29) is 18.0 Å². The fourth-order valence-electron chi connectivity index (χ4n) is 3.29. The van der Waals surface area contributed by atoms with Gasteiger partial charge in [-0.1, -0.05) is 37.3 Å². The van der Waals surface area contributed by atoms with Crippen molar-refractivity contribution in [1.29, 1.82) is 0 Å².